The molecule has 278 valence electrons. The summed E-state index contributed by atoms with van der Waals surface area (Å²) in [5.41, 5.74) is 7.38. The van der Waals surface area contributed by atoms with E-state index in [0.717, 1.165) is 21.6 Å². The summed E-state index contributed by atoms with van der Waals surface area (Å²) in [4.78, 5) is 113. The molecule has 1 aromatic carbocycles. The molecule has 0 spiro atoms. The number of urea groups is 2. The number of thioether (sulfide) groups is 2. The van der Waals surface area contributed by atoms with Gasteiger partial charge in [0.05, 0.1) is 0 Å². The van der Waals surface area contributed by atoms with Gasteiger partial charge in [-0.3, -0.25) is 39.6 Å². The highest BCUT2D eigenvalue weighted by Gasteiger charge is 2.54. The largest absolute Gasteiger partial charge is 0.480 e. The van der Waals surface area contributed by atoms with E-state index in [0.29, 0.717) is 5.57 Å². The predicted octanol–water partition coefficient (Wildman–Crippen LogP) is -2.73. The van der Waals surface area contributed by atoms with Crippen LogP contribution in [0.4, 0.5) is 20.1 Å². The Morgan fingerprint density at radius 3 is 2.44 bits per heavy atom. The molecule has 0 radical (unpaired) electrons. The number of hydrogen-bond donors (Lipinski definition) is 9. The van der Waals surface area contributed by atoms with Crippen LogP contribution in [0.25, 0.3) is 0 Å². The van der Waals surface area contributed by atoms with Crippen molar-refractivity contribution in [2.75, 3.05) is 43.6 Å². The Morgan fingerprint density at radius 2 is 1.81 bits per heavy atom. The second-order valence-electron chi connectivity index (χ2n) is 11.4. The van der Waals surface area contributed by atoms with Gasteiger partial charge in [-0.05, 0) is 23.3 Å². The first kappa shape index (κ1) is 37.7. The third-order valence-corrected chi connectivity index (χ3v) is 10.5. The summed E-state index contributed by atoms with van der Waals surface area (Å²) in [5, 5.41) is 31.8. The van der Waals surface area contributed by atoms with Crippen LogP contribution >= 0.6 is 23.5 Å². The molecule has 3 saturated heterocycles. The van der Waals surface area contributed by atoms with Gasteiger partial charge in [0.15, 0.2) is 0 Å². The number of benzene rings is 1. The van der Waals surface area contributed by atoms with Crippen molar-refractivity contribution in [1.82, 2.24) is 41.5 Å². The Kier molecular flexibility index (Phi) is 11.4. The van der Waals surface area contributed by atoms with E-state index in [1.165, 1.54) is 48.1 Å². The number of amides is 9. The van der Waals surface area contributed by atoms with Crippen LogP contribution in [-0.2, 0) is 33.5 Å². The molecule has 24 heteroatoms. The van der Waals surface area contributed by atoms with Gasteiger partial charge in [0.2, 0.25) is 5.91 Å². The lowest BCUT2D eigenvalue weighted by molar-refractivity contribution is -0.151. The quantitative estimate of drug-likeness (QED) is 0.0771. The maximum atomic E-state index is 13.7. The lowest BCUT2D eigenvalue weighted by Gasteiger charge is -2.49. The van der Waals surface area contributed by atoms with E-state index in [-0.39, 0.29) is 41.5 Å². The zero-order valence-corrected chi connectivity index (χ0v) is 28.6. The number of aliphatic carboxylic acids is 2. The Bertz CT molecular complexity index is 1740. The predicted molar refractivity (Wildman–Crippen MR) is 178 cm³/mol. The van der Waals surface area contributed by atoms with Gasteiger partial charge in [-0.2, -0.15) is 5.01 Å². The second-order valence-corrected chi connectivity index (χ2v) is 13.6. The van der Waals surface area contributed by atoms with E-state index in [4.69, 9.17) is 15.6 Å². The number of carboxylic acids is 2. The average molecular weight is 765 g/mol. The molecular formula is C28H32N10O12S2. The molecule has 52 heavy (non-hydrogen) atoms. The number of nitrogens with zero attached hydrogens (tertiary/aromatic N) is 3. The smallest absolute Gasteiger partial charge is 0.411 e. The molecule has 3 fully saturated rings. The van der Waals surface area contributed by atoms with E-state index in [1.54, 1.807) is 0 Å². The van der Waals surface area contributed by atoms with Gasteiger partial charge in [0.25, 0.3) is 5.91 Å². The van der Waals surface area contributed by atoms with Crippen molar-refractivity contribution in [3.8, 4) is 0 Å². The molecule has 0 aromatic heterocycles. The van der Waals surface area contributed by atoms with Gasteiger partial charge in [-0.15, -0.1) is 23.5 Å². The van der Waals surface area contributed by atoms with Crippen LogP contribution in [0.15, 0.2) is 35.5 Å². The summed E-state index contributed by atoms with van der Waals surface area (Å²) < 4.78 is 4.77. The number of nitrogens with two attached hydrogens (primary N) is 1. The van der Waals surface area contributed by atoms with Crippen LogP contribution in [0, 0.1) is 0 Å². The molecule has 0 saturated carbocycles. The summed E-state index contributed by atoms with van der Waals surface area (Å²) in [5.74, 6) is -5.84. The number of carboxylic acid groups (broad SMARTS) is 2. The van der Waals surface area contributed by atoms with Gasteiger partial charge in [0.1, 0.15) is 41.3 Å². The topological polar surface area (TPSA) is 311 Å². The Labute approximate surface area is 301 Å². The molecule has 4 heterocycles. The van der Waals surface area contributed by atoms with Crippen LogP contribution in [-0.4, -0.2) is 140 Å². The summed E-state index contributed by atoms with van der Waals surface area (Å²) in [6.45, 7) is -0.394. The molecule has 4 aliphatic heterocycles. The van der Waals surface area contributed by atoms with Gasteiger partial charge >= 0.3 is 41.9 Å². The minimum absolute atomic E-state index is 0.0211. The van der Waals surface area contributed by atoms with Gasteiger partial charge < -0.3 is 42.0 Å². The fourth-order valence-electron chi connectivity index (χ4n) is 5.22. The summed E-state index contributed by atoms with van der Waals surface area (Å²) in [6, 6.07) is -0.277. The number of anilines is 1. The van der Waals surface area contributed by atoms with E-state index >= 15 is 0 Å². The van der Waals surface area contributed by atoms with Gasteiger partial charge in [-0.1, -0.05) is 12.1 Å². The van der Waals surface area contributed by atoms with E-state index in [9.17, 15) is 48.3 Å². The number of fused-ring (bicyclic) bond motifs is 1. The number of rotatable bonds is 12. The molecule has 1 aromatic rings. The highest BCUT2D eigenvalue weighted by atomic mass is 32.2. The average Bonchev–Trinajstić information content (AvgIpc) is 3.54. The number of carbonyl (C=O) groups excluding carboxylic acids is 7. The van der Waals surface area contributed by atoms with Crippen molar-refractivity contribution in [1.29, 1.82) is 0 Å². The summed E-state index contributed by atoms with van der Waals surface area (Å²) in [6.07, 6.45) is -1.01. The van der Waals surface area contributed by atoms with Crippen LogP contribution in [0.5, 0.6) is 0 Å². The fourth-order valence-corrected chi connectivity index (χ4v) is 7.76. The lowest BCUT2D eigenvalue weighted by atomic mass is 10.0. The highest BCUT2D eigenvalue weighted by molar-refractivity contribution is 8.01. The number of carbonyl (C=O) groups is 9. The fraction of sp³-hybridized carbons (Fsp3) is 0.393. The number of β-lactam (4-membered cyclic amide) rings is 1. The first-order valence-electron chi connectivity index (χ1n) is 15.2. The van der Waals surface area contributed by atoms with Crippen molar-refractivity contribution >= 4 is 82.9 Å². The highest BCUT2D eigenvalue weighted by Crippen LogP contribution is 2.41. The van der Waals surface area contributed by atoms with E-state index in [1.807, 2.05) is 0 Å². The molecule has 9 amide bonds. The summed E-state index contributed by atoms with van der Waals surface area (Å²) >= 11 is 2.30. The minimum atomic E-state index is -1.48. The number of hydrogen-bond acceptors (Lipinski definition) is 14. The minimum Gasteiger partial charge on any atom is -0.480 e. The first-order chi connectivity index (χ1) is 24.7. The zero-order chi connectivity index (χ0) is 37.9. The van der Waals surface area contributed by atoms with Gasteiger partial charge in [0, 0.05) is 37.3 Å². The molecule has 10 N–H and O–H groups in total. The second kappa shape index (κ2) is 15.7. The van der Waals surface area contributed by atoms with E-state index < -0.39 is 89.3 Å². The van der Waals surface area contributed by atoms with Crippen molar-refractivity contribution in [3.63, 3.8) is 0 Å². The third kappa shape index (κ3) is 8.14. The van der Waals surface area contributed by atoms with Crippen molar-refractivity contribution < 1.29 is 58.1 Å². The normalized spacial score (nSPS) is 22.5. The SMILES string of the molecule is CN1NC(=O)C(=O)NC1SCC1=C(C(=O)O)N2C(=O)[C@@H](NC(=O)[C@H](NC(=O)N3CCNC3=O)c3ccc(NC(=O)OC[C@@H](N)C(=O)O)cc3)[C@@H]2SC1. The van der Waals surface area contributed by atoms with Crippen LogP contribution in [0.3, 0.4) is 0 Å². The Morgan fingerprint density at radius 1 is 1.10 bits per heavy atom. The molecule has 22 nitrogen and oxygen atoms in total. The van der Waals surface area contributed by atoms with Crippen molar-refractivity contribution in [3.05, 3.63) is 41.1 Å². The summed E-state index contributed by atoms with van der Waals surface area (Å²) in [7, 11) is 1.51. The first-order valence-corrected chi connectivity index (χ1v) is 17.3. The van der Waals surface area contributed by atoms with Crippen molar-refractivity contribution in [2.45, 2.75) is 29.0 Å². The maximum absolute atomic E-state index is 13.7. The molecule has 5 atom stereocenters. The molecule has 5 rings (SSSR count). The molecule has 1 unspecified atom stereocenters. The van der Waals surface area contributed by atoms with E-state index in [2.05, 4.69) is 32.0 Å². The molecule has 0 aliphatic carbocycles. The lowest BCUT2D eigenvalue weighted by Crippen LogP contribution is -2.71. The Balaban J connectivity index is 1.28. The maximum Gasteiger partial charge on any atom is 0.411 e. The molecule has 4 aliphatic rings. The number of imide groups is 1. The monoisotopic (exact) mass is 764 g/mol. The number of hydrazine groups is 1. The van der Waals surface area contributed by atoms with Crippen LogP contribution in [0.1, 0.15) is 11.6 Å². The number of ether oxygens (including phenoxy) is 1. The van der Waals surface area contributed by atoms with Crippen molar-refractivity contribution in [2.24, 2.45) is 5.73 Å². The van der Waals surface area contributed by atoms with Crippen LogP contribution < -0.4 is 37.7 Å². The molecule has 0 bridgehead atoms. The van der Waals surface area contributed by atoms with Crippen LogP contribution in [0.2, 0.25) is 0 Å². The molecular weight excluding hydrogens is 733 g/mol. The Hall–Kier alpha value is -5.59. The van der Waals surface area contributed by atoms with Gasteiger partial charge in [-0.25, -0.2) is 24.1 Å². The zero-order valence-electron chi connectivity index (χ0n) is 26.9. The third-order valence-electron chi connectivity index (χ3n) is 7.89. The standard InChI is InChI=1S/C28H32N10O12S2/c1-36-27(34-19(40)20(41)35-36)52-10-12-9-51-22-16(21(42)38(22)17(12)24(45)46)32-18(39)15(33-26(48)37-7-6-30-25(37)47)11-2-4-13(5-3-11)31-28(49)50-8-14(29)23(43)44/h2-5,14-16,22,27H,6-10,29H2,1H3,(H,30,47)(H,31,49)(H,32,39)(H,33,48)(H,34,40)(H,35,41)(H,43,44)(H,45,46)/t14-,15-,16-,22+,27?/m1/s1. The number of nitrogens with one attached hydrogen (secondary N) is 6.